The molecule has 0 radical (unpaired) electrons. The van der Waals surface area contributed by atoms with Crippen molar-refractivity contribution in [3.63, 3.8) is 0 Å². The highest BCUT2D eigenvalue weighted by Gasteiger charge is 2.37. The highest BCUT2D eigenvalue weighted by molar-refractivity contribution is 5.77. The number of pyridine rings is 1. The van der Waals surface area contributed by atoms with E-state index >= 15 is 0 Å². The quantitative estimate of drug-likeness (QED) is 0.841. The van der Waals surface area contributed by atoms with Gasteiger partial charge in [-0.2, -0.15) is 0 Å². The Balaban J connectivity index is 1.38. The molecule has 4 fully saturated rings. The van der Waals surface area contributed by atoms with Gasteiger partial charge in [0.2, 0.25) is 5.91 Å². The summed E-state index contributed by atoms with van der Waals surface area (Å²) in [6.07, 6.45) is 13.6. The number of hydrogen-bond donors (Lipinski definition) is 0. The molecule has 4 nitrogen and oxygen atoms in total. The van der Waals surface area contributed by atoms with E-state index in [1.54, 1.807) is 0 Å². The molecule has 0 spiro atoms. The van der Waals surface area contributed by atoms with E-state index in [4.69, 9.17) is 0 Å². The molecule has 3 saturated heterocycles. The monoisotopic (exact) mass is 341 g/mol. The summed E-state index contributed by atoms with van der Waals surface area (Å²) < 4.78 is 0. The van der Waals surface area contributed by atoms with Crippen LogP contribution in [0.15, 0.2) is 24.5 Å². The average molecular weight is 341 g/mol. The molecule has 2 atom stereocenters. The molecule has 1 aliphatic carbocycles. The van der Waals surface area contributed by atoms with Crippen molar-refractivity contribution in [3.05, 3.63) is 30.1 Å². The Hall–Kier alpha value is -1.42. The van der Waals surface area contributed by atoms with Gasteiger partial charge in [0.1, 0.15) is 0 Å². The predicted molar refractivity (Wildman–Crippen MR) is 98.9 cm³/mol. The molecule has 0 N–H and O–H groups in total. The number of carbonyl (C=O) groups excluding carboxylic acids is 1. The summed E-state index contributed by atoms with van der Waals surface area (Å²) >= 11 is 0. The molecule has 4 heteroatoms. The molecule has 1 aromatic heterocycles. The number of carbonyl (C=O) groups is 1. The van der Waals surface area contributed by atoms with Gasteiger partial charge in [0, 0.05) is 51.0 Å². The predicted octanol–water partition coefficient (Wildman–Crippen LogP) is 3.47. The maximum atomic E-state index is 13.0. The normalized spacial score (nSPS) is 28.1. The van der Waals surface area contributed by atoms with Crippen molar-refractivity contribution in [1.29, 1.82) is 0 Å². The maximum absolute atomic E-state index is 13.0. The fraction of sp³-hybridized carbons (Fsp3) is 0.714. The van der Waals surface area contributed by atoms with E-state index in [1.165, 1.54) is 50.5 Å². The molecule has 5 rings (SSSR count). The molecule has 1 aromatic rings. The van der Waals surface area contributed by atoms with Crippen LogP contribution in [-0.4, -0.2) is 46.4 Å². The fourth-order valence-corrected chi connectivity index (χ4v) is 5.12. The van der Waals surface area contributed by atoms with Crippen LogP contribution in [0, 0.1) is 11.8 Å². The van der Waals surface area contributed by atoms with Crippen LogP contribution in [0.5, 0.6) is 0 Å². The van der Waals surface area contributed by atoms with Crippen molar-refractivity contribution in [2.24, 2.45) is 11.8 Å². The first-order chi connectivity index (χ1) is 12.3. The van der Waals surface area contributed by atoms with E-state index in [0.29, 0.717) is 23.8 Å². The van der Waals surface area contributed by atoms with Crippen LogP contribution in [0.25, 0.3) is 0 Å². The highest BCUT2D eigenvalue weighted by Crippen LogP contribution is 2.32. The molecule has 4 aliphatic rings. The van der Waals surface area contributed by atoms with E-state index in [-0.39, 0.29) is 0 Å². The Morgan fingerprint density at radius 1 is 1.08 bits per heavy atom. The topological polar surface area (TPSA) is 36.4 Å². The molecule has 1 amide bonds. The third-order valence-corrected chi connectivity index (χ3v) is 6.43. The summed E-state index contributed by atoms with van der Waals surface area (Å²) in [4.78, 5) is 22.0. The Morgan fingerprint density at radius 2 is 1.96 bits per heavy atom. The molecule has 136 valence electrons. The minimum Gasteiger partial charge on any atom is -0.338 e. The first-order valence-corrected chi connectivity index (χ1v) is 10.2. The molecular weight excluding hydrogens is 310 g/mol. The lowest BCUT2D eigenvalue weighted by Gasteiger charge is -2.37. The minimum atomic E-state index is 0.423. The van der Waals surface area contributed by atoms with Crippen LogP contribution in [0.2, 0.25) is 0 Å². The summed E-state index contributed by atoms with van der Waals surface area (Å²) in [5.74, 6) is 1.73. The Labute approximate surface area is 151 Å². The summed E-state index contributed by atoms with van der Waals surface area (Å²) in [7, 11) is 0. The van der Waals surface area contributed by atoms with Crippen LogP contribution >= 0.6 is 0 Å². The number of hydrogen-bond acceptors (Lipinski definition) is 3. The first-order valence-electron chi connectivity index (χ1n) is 10.2. The summed E-state index contributed by atoms with van der Waals surface area (Å²) in [5, 5.41) is 0. The van der Waals surface area contributed by atoms with E-state index < -0.39 is 0 Å². The molecular formula is C21H31N3O. The smallest absolute Gasteiger partial charge is 0.223 e. The van der Waals surface area contributed by atoms with Gasteiger partial charge in [0.05, 0.1) is 0 Å². The van der Waals surface area contributed by atoms with Crippen LogP contribution in [-0.2, 0) is 11.3 Å². The zero-order valence-electron chi connectivity index (χ0n) is 15.3. The molecule has 3 aliphatic heterocycles. The zero-order chi connectivity index (χ0) is 17.1. The van der Waals surface area contributed by atoms with Crippen LogP contribution in [0.3, 0.4) is 0 Å². The van der Waals surface area contributed by atoms with Crippen LogP contribution in [0.4, 0.5) is 0 Å². The van der Waals surface area contributed by atoms with Crippen LogP contribution in [0.1, 0.15) is 56.9 Å². The SMILES string of the molecule is O=C(CC1CCCCC1)N1C[C@@H]2CC[C@H]1CN(Cc1cccnc1)C2. The van der Waals surface area contributed by atoms with Crippen molar-refractivity contribution in [1.82, 2.24) is 14.8 Å². The number of piperidine rings is 1. The third-order valence-electron chi connectivity index (χ3n) is 6.43. The number of amides is 1. The van der Waals surface area contributed by atoms with Gasteiger partial charge in [0.15, 0.2) is 0 Å². The van der Waals surface area contributed by atoms with Gasteiger partial charge in [-0.05, 0) is 49.1 Å². The second-order valence-electron chi connectivity index (χ2n) is 8.41. The molecule has 25 heavy (non-hydrogen) atoms. The molecule has 2 bridgehead atoms. The zero-order valence-corrected chi connectivity index (χ0v) is 15.3. The Kier molecular flexibility index (Phi) is 5.35. The third kappa shape index (κ3) is 4.22. The number of aromatic nitrogens is 1. The molecule has 0 aromatic carbocycles. The van der Waals surface area contributed by atoms with Gasteiger partial charge in [0.25, 0.3) is 0 Å². The summed E-state index contributed by atoms with van der Waals surface area (Å²) in [5.41, 5.74) is 1.28. The van der Waals surface area contributed by atoms with Crippen LogP contribution < -0.4 is 0 Å². The van der Waals surface area contributed by atoms with Gasteiger partial charge < -0.3 is 4.90 Å². The minimum absolute atomic E-state index is 0.423. The summed E-state index contributed by atoms with van der Waals surface area (Å²) in [6.45, 7) is 4.10. The van der Waals surface area contributed by atoms with Gasteiger partial charge >= 0.3 is 0 Å². The number of nitrogens with zero attached hydrogens (tertiary/aromatic N) is 3. The van der Waals surface area contributed by atoms with E-state index in [1.807, 2.05) is 18.5 Å². The van der Waals surface area contributed by atoms with Crippen molar-refractivity contribution in [2.45, 2.75) is 64.0 Å². The second kappa shape index (κ2) is 7.86. The van der Waals surface area contributed by atoms with Crippen molar-refractivity contribution in [3.8, 4) is 0 Å². The molecule has 0 unspecified atom stereocenters. The Morgan fingerprint density at radius 3 is 2.76 bits per heavy atom. The summed E-state index contributed by atoms with van der Waals surface area (Å²) in [6, 6.07) is 4.60. The standard InChI is InChI=1S/C21H31N3O/c25-21(11-17-5-2-1-3-6-17)24-15-19-8-9-20(24)16-23(14-19)13-18-7-4-10-22-12-18/h4,7,10,12,17,19-20H,1-3,5-6,8-9,11,13-16H2/t19-,20+/m1/s1. The lowest BCUT2D eigenvalue weighted by molar-refractivity contribution is -0.136. The average Bonchev–Trinajstić information content (AvgIpc) is 2.94. The van der Waals surface area contributed by atoms with Gasteiger partial charge in [-0.1, -0.05) is 25.3 Å². The largest absolute Gasteiger partial charge is 0.338 e. The Bertz CT molecular complexity index is 570. The number of rotatable bonds is 4. The second-order valence-corrected chi connectivity index (χ2v) is 8.41. The van der Waals surface area contributed by atoms with Crippen molar-refractivity contribution in [2.75, 3.05) is 19.6 Å². The molecule has 1 saturated carbocycles. The van der Waals surface area contributed by atoms with E-state index in [2.05, 4.69) is 20.9 Å². The lowest BCUT2D eigenvalue weighted by Crippen LogP contribution is -2.47. The number of fused-ring (bicyclic) bond motifs is 4. The fourth-order valence-electron chi connectivity index (χ4n) is 5.12. The van der Waals surface area contributed by atoms with Crippen molar-refractivity contribution >= 4 is 5.91 Å². The molecule has 4 heterocycles. The first kappa shape index (κ1) is 17.0. The van der Waals surface area contributed by atoms with Gasteiger partial charge in [-0.25, -0.2) is 0 Å². The highest BCUT2D eigenvalue weighted by atomic mass is 16.2. The van der Waals surface area contributed by atoms with E-state index in [0.717, 1.165) is 32.6 Å². The van der Waals surface area contributed by atoms with Crippen molar-refractivity contribution < 1.29 is 4.79 Å². The van der Waals surface area contributed by atoms with Gasteiger partial charge in [-0.3, -0.25) is 14.7 Å². The van der Waals surface area contributed by atoms with Gasteiger partial charge in [-0.15, -0.1) is 0 Å². The lowest BCUT2D eigenvalue weighted by atomic mass is 9.86. The maximum Gasteiger partial charge on any atom is 0.223 e. The van der Waals surface area contributed by atoms with E-state index in [9.17, 15) is 4.79 Å².